The highest BCUT2D eigenvalue weighted by Gasteiger charge is 2.20. The summed E-state index contributed by atoms with van der Waals surface area (Å²) in [6.07, 6.45) is 2.14. The van der Waals surface area contributed by atoms with Crippen LogP contribution in [0.15, 0.2) is 0 Å². The quantitative estimate of drug-likeness (QED) is 0.449. The highest BCUT2D eigenvalue weighted by molar-refractivity contribution is 5.79. The number of nitrogens with one attached hydrogen (secondary N) is 1. The van der Waals surface area contributed by atoms with Crippen LogP contribution in [0.4, 0.5) is 0 Å². The number of nitrogens with two attached hydrogens (primary N) is 1. The van der Waals surface area contributed by atoms with Crippen LogP contribution in [0.25, 0.3) is 0 Å². The molecule has 4 heteroatoms. The first-order chi connectivity index (χ1) is 6.63. The number of likely N-dealkylation sites (tertiary alicyclic amines) is 1. The summed E-state index contributed by atoms with van der Waals surface area (Å²) in [7, 11) is 0. The van der Waals surface area contributed by atoms with E-state index in [0.29, 0.717) is 12.5 Å². The van der Waals surface area contributed by atoms with E-state index in [2.05, 4.69) is 4.90 Å². The molecule has 0 saturated carbocycles. The average Bonchev–Trinajstić information content (AvgIpc) is 2.19. The number of aliphatic hydroxyl groups is 1. The molecule has 1 aliphatic rings. The molecule has 0 aromatic rings. The Balaban J connectivity index is 2.25. The molecular weight excluding hydrogens is 178 g/mol. The Labute approximate surface area is 85.6 Å². The first kappa shape index (κ1) is 11.5. The number of piperidine rings is 1. The van der Waals surface area contributed by atoms with Crippen LogP contribution < -0.4 is 5.73 Å². The molecule has 0 aliphatic carbocycles. The smallest absolute Gasteiger partial charge is 0.0947 e. The van der Waals surface area contributed by atoms with E-state index < -0.39 is 0 Å². The van der Waals surface area contributed by atoms with Crippen LogP contribution in [0.3, 0.4) is 0 Å². The topological polar surface area (TPSA) is 73.3 Å². The molecule has 1 heterocycles. The fourth-order valence-electron chi connectivity index (χ4n) is 1.84. The number of rotatable bonds is 4. The number of nitrogens with zero attached hydrogens (tertiary/aromatic N) is 1. The minimum atomic E-state index is 0.153. The lowest BCUT2D eigenvalue weighted by Crippen LogP contribution is -2.40. The van der Waals surface area contributed by atoms with Crippen molar-refractivity contribution in [2.24, 2.45) is 17.6 Å². The van der Waals surface area contributed by atoms with E-state index in [-0.39, 0.29) is 11.8 Å². The van der Waals surface area contributed by atoms with E-state index in [1.54, 1.807) is 0 Å². The number of amidine groups is 1. The second-order valence-electron chi connectivity index (χ2n) is 4.28. The standard InChI is InChI=1S/C10H21N3O/c1-8(10(11)12)6-13-4-2-9(7-14)3-5-13/h8-9,14H,2-7H2,1H3,(H3,11,12). The summed E-state index contributed by atoms with van der Waals surface area (Å²) in [5.74, 6) is 0.911. The summed E-state index contributed by atoms with van der Waals surface area (Å²) in [6.45, 7) is 5.25. The first-order valence-corrected chi connectivity index (χ1v) is 5.30. The van der Waals surface area contributed by atoms with Gasteiger partial charge >= 0.3 is 0 Å². The molecule has 0 aromatic carbocycles. The predicted octanol–water partition coefficient (Wildman–Crippen LogP) is 0.263. The van der Waals surface area contributed by atoms with Crippen LogP contribution in [0, 0.1) is 17.2 Å². The van der Waals surface area contributed by atoms with Crippen molar-refractivity contribution in [1.29, 1.82) is 5.41 Å². The zero-order valence-electron chi connectivity index (χ0n) is 8.87. The van der Waals surface area contributed by atoms with Crippen LogP contribution in [-0.4, -0.2) is 42.1 Å². The predicted molar refractivity (Wildman–Crippen MR) is 57.3 cm³/mol. The highest BCUT2D eigenvalue weighted by atomic mass is 16.3. The van der Waals surface area contributed by atoms with Gasteiger partial charge in [-0.1, -0.05) is 6.92 Å². The first-order valence-electron chi connectivity index (χ1n) is 5.30. The lowest BCUT2D eigenvalue weighted by atomic mass is 9.97. The van der Waals surface area contributed by atoms with Crippen LogP contribution >= 0.6 is 0 Å². The van der Waals surface area contributed by atoms with Gasteiger partial charge in [0.15, 0.2) is 0 Å². The minimum Gasteiger partial charge on any atom is -0.396 e. The van der Waals surface area contributed by atoms with Crippen molar-refractivity contribution in [2.45, 2.75) is 19.8 Å². The third kappa shape index (κ3) is 3.27. The normalized spacial score (nSPS) is 22.1. The number of hydrogen-bond donors (Lipinski definition) is 3. The molecule has 1 unspecified atom stereocenters. The van der Waals surface area contributed by atoms with Crippen molar-refractivity contribution >= 4 is 5.84 Å². The maximum atomic E-state index is 8.97. The Hall–Kier alpha value is -0.610. The summed E-state index contributed by atoms with van der Waals surface area (Å²) in [5, 5.41) is 16.3. The SMILES string of the molecule is CC(CN1CCC(CO)CC1)C(=N)N. The molecule has 82 valence electrons. The summed E-state index contributed by atoms with van der Waals surface area (Å²) >= 11 is 0. The second kappa shape index (κ2) is 5.32. The van der Waals surface area contributed by atoms with Crippen molar-refractivity contribution in [1.82, 2.24) is 4.90 Å². The lowest BCUT2D eigenvalue weighted by Gasteiger charge is -2.32. The van der Waals surface area contributed by atoms with E-state index in [0.717, 1.165) is 32.5 Å². The van der Waals surface area contributed by atoms with E-state index in [9.17, 15) is 0 Å². The Morgan fingerprint density at radius 1 is 1.57 bits per heavy atom. The highest BCUT2D eigenvalue weighted by Crippen LogP contribution is 2.17. The van der Waals surface area contributed by atoms with Crippen LogP contribution in [0.5, 0.6) is 0 Å². The molecule has 4 nitrogen and oxygen atoms in total. The van der Waals surface area contributed by atoms with Crippen molar-refractivity contribution in [3.05, 3.63) is 0 Å². The Bertz CT molecular complexity index is 188. The Morgan fingerprint density at radius 3 is 2.57 bits per heavy atom. The maximum Gasteiger partial charge on any atom is 0.0947 e. The Kier molecular flexibility index (Phi) is 4.35. The third-order valence-electron chi connectivity index (χ3n) is 3.03. The summed E-state index contributed by atoms with van der Waals surface area (Å²) in [5.41, 5.74) is 5.42. The van der Waals surface area contributed by atoms with E-state index in [1.807, 2.05) is 6.92 Å². The zero-order chi connectivity index (χ0) is 10.6. The molecular formula is C10H21N3O. The van der Waals surface area contributed by atoms with Crippen LogP contribution in [-0.2, 0) is 0 Å². The van der Waals surface area contributed by atoms with Gasteiger partial charge in [-0.3, -0.25) is 5.41 Å². The van der Waals surface area contributed by atoms with Gasteiger partial charge in [-0.2, -0.15) is 0 Å². The van der Waals surface area contributed by atoms with E-state index in [1.165, 1.54) is 0 Å². The van der Waals surface area contributed by atoms with E-state index in [4.69, 9.17) is 16.2 Å². The van der Waals surface area contributed by atoms with Crippen molar-refractivity contribution in [3.8, 4) is 0 Å². The second-order valence-corrected chi connectivity index (χ2v) is 4.28. The van der Waals surface area contributed by atoms with Gasteiger partial charge in [0.1, 0.15) is 0 Å². The van der Waals surface area contributed by atoms with Gasteiger partial charge in [0.05, 0.1) is 5.84 Å². The molecule has 4 N–H and O–H groups in total. The fourth-order valence-corrected chi connectivity index (χ4v) is 1.84. The van der Waals surface area contributed by atoms with E-state index >= 15 is 0 Å². The maximum absolute atomic E-state index is 8.97. The van der Waals surface area contributed by atoms with Gasteiger partial charge in [0.25, 0.3) is 0 Å². The number of aliphatic hydroxyl groups excluding tert-OH is 1. The van der Waals surface area contributed by atoms with Crippen LogP contribution in [0.2, 0.25) is 0 Å². The number of hydrogen-bond acceptors (Lipinski definition) is 3. The van der Waals surface area contributed by atoms with Gasteiger partial charge in [0, 0.05) is 19.1 Å². The Morgan fingerprint density at radius 2 is 2.14 bits per heavy atom. The molecule has 1 aliphatic heterocycles. The average molecular weight is 199 g/mol. The van der Waals surface area contributed by atoms with Gasteiger partial charge < -0.3 is 15.7 Å². The van der Waals surface area contributed by atoms with Gasteiger partial charge in [-0.25, -0.2) is 0 Å². The summed E-state index contributed by atoms with van der Waals surface area (Å²) < 4.78 is 0. The molecule has 0 aromatic heterocycles. The van der Waals surface area contributed by atoms with Crippen molar-refractivity contribution in [2.75, 3.05) is 26.2 Å². The molecule has 1 fully saturated rings. The largest absolute Gasteiger partial charge is 0.396 e. The van der Waals surface area contributed by atoms with Crippen LogP contribution in [0.1, 0.15) is 19.8 Å². The van der Waals surface area contributed by atoms with Crippen molar-refractivity contribution < 1.29 is 5.11 Å². The molecule has 14 heavy (non-hydrogen) atoms. The monoisotopic (exact) mass is 199 g/mol. The molecule has 0 radical (unpaired) electrons. The zero-order valence-corrected chi connectivity index (χ0v) is 8.87. The molecule has 1 atom stereocenters. The molecule has 1 rings (SSSR count). The molecule has 0 spiro atoms. The third-order valence-corrected chi connectivity index (χ3v) is 3.03. The fraction of sp³-hybridized carbons (Fsp3) is 0.900. The minimum absolute atomic E-state index is 0.153. The summed E-state index contributed by atoms with van der Waals surface area (Å²) in [4.78, 5) is 2.33. The molecule has 0 bridgehead atoms. The van der Waals surface area contributed by atoms with Crippen molar-refractivity contribution in [3.63, 3.8) is 0 Å². The molecule has 1 saturated heterocycles. The summed E-state index contributed by atoms with van der Waals surface area (Å²) in [6, 6.07) is 0. The molecule has 0 amide bonds. The lowest BCUT2D eigenvalue weighted by molar-refractivity contribution is 0.127. The van der Waals surface area contributed by atoms with Gasteiger partial charge in [0.2, 0.25) is 0 Å². The van der Waals surface area contributed by atoms with Gasteiger partial charge in [-0.15, -0.1) is 0 Å². The van der Waals surface area contributed by atoms with Gasteiger partial charge in [-0.05, 0) is 31.8 Å².